The van der Waals surface area contributed by atoms with Gasteiger partial charge in [-0.1, -0.05) is 26.0 Å². The topological polar surface area (TPSA) is 95.5 Å². The number of rotatable bonds is 7. The van der Waals surface area contributed by atoms with Gasteiger partial charge < -0.3 is 15.7 Å². The molecule has 0 aromatic heterocycles. The number of carboxylic acids is 1. The molecule has 0 spiro atoms. The molecule has 1 aliphatic carbocycles. The quantitative estimate of drug-likeness (QED) is 0.609. The average Bonchev–Trinajstić information content (AvgIpc) is 2.44. The summed E-state index contributed by atoms with van der Waals surface area (Å²) >= 11 is 0. The summed E-state index contributed by atoms with van der Waals surface area (Å²) in [5.74, 6) is -2.19. The van der Waals surface area contributed by atoms with Gasteiger partial charge in [-0.3, -0.25) is 14.4 Å². The van der Waals surface area contributed by atoms with Crippen molar-refractivity contribution in [3.05, 3.63) is 12.2 Å². The van der Waals surface area contributed by atoms with Crippen molar-refractivity contribution in [2.24, 2.45) is 17.8 Å². The molecule has 0 unspecified atom stereocenters. The summed E-state index contributed by atoms with van der Waals surface area (Å²) in [5.41, 5.74) is 0. The van der Waals surface area contributed by atoms with E-state index in [1.807, 2.05) is 19.9 Å². The minimum absolute atomic E-state index is 0.109. The summed E-state index contributed by atoms with van der Waals surface area (Å²) in [4.78, 5) is 34.7. The highest BCUT2D eigenvalue weighted by molar-refractivity contribution is 5.85. The lowest BCUT2D eigenvalue weighted by Gasteiger charge is -2.24. The lowest BCUT2D eigenvalue weighted by molar-refractivity contribution is -0.147. The molecule has 0 aromatic carbocycles. The van der Waals surface area contributed by atoms with Crippen molar-refractivity contribution < 1.29 is 19.5 Å². The van der Waals surface area contributed by atoms with E-state index in [9.17, 15) is 14.4 Å². The summed E-state index contributed by atoms with van der Waals surface area (Å²) in [5, 5.41) is 14.5. The van der Waals surface area contributed by atoms with Crippen LogP contribution < -0.4 is 10.6 Å². The third-order valence-electron chi connectivity index (χ3n) is 3.45. The van der Waals surface area contributed by atoms with E-state index in [0.29, 0.717) is 25.3 Å². The van der Waals surface area contributed by atoms with Crippen LogP contribution in [0.1, 0.15) is 33.1 Å². The van der Waals surface area contributed by atoms with Crippen molar-refractivity contribution in [2.45, 2.75) is 33.1 Å². The lowest BCUT2D eigenvalue weighted by Crippen LogP contribution is -2.40. The molecule has 1 aliphatic rings. The highest BCUT2D eigenvalue weighted by Gasteiger charge is 2.33. The van der Waals surface area contributed by atoms with Crippen LogP contribution in [0.15, 0.2) is 12.2 Å². The number of hydrogen-bond donors (Lipinski definition) is 3. The SMILES string of the molecule is CC(C)CNC(=O)CCNC(=O)[C@@H]1CC=CC[C@@H]1C(=O)O. The van der Waals surface area contributed by atoms with Crippen LogP contribution >= 0.6 is 0 Å². The highest BCUT2D eigenvalue weighted by Crippen LogP contribution is 2.25. The first-order chi connectivity index (χ1) is 9.91. The molecule has 6 heteroatoms. The van der Waals surface area contributed by atoms with Crippen LogP contribution in [-0.4, -0.2) is 36.0 Å². The maximum atomic E-state index is 12.0. The Kier molecular flexibility index (Phi) is 6.91. The Labute approximate surface area is 125 Å². The maximum absolute atomic E-state index is 12.0. The fraction of sp³-hybridized carbons (Fsp3) is 0.667. The van der Waals surface area contributed by atoms with Crippen molar-refractivity contribution in [1.29, 1.82) is 0 Å². The third-order valence-corrected chi connectivity index (χ3v) is 3.45. The number of allylic oxidation sites excluding steroid dienone is 2. The molecule has 0 radical (unpaired) electrons. The summed E-state index contributed by atoms with van der Waals surface area (Å²) in [6.45, 7) is 4.85. The van der Waals surface area contributed by atoms with Gasteiger partial charge in [0.25, 0.3) is 0 Å². The van der Waals surface area contributed by atoms with Crippen LogP contribution in [0.4, 0.5) is 0 Å². The molecule has 0 fully saturated rings. The van der Waals surface area contributed by atoms with E-state index >= 15 is 0 Å². The Bertz CT molecular complexity index is 418. The molecule has 2 amide bonds. The van der Waals surface area contributed by atoms with Gasteiger partial charge in [-0.05, 0) is 18.8 Å². The Morgan fingerprint density at radius 1 is 1.14 bits per heavy atom. The van der Waals surface area contributed by atoms with Crippen LogP contribution in [0.5, 0.6) is 0 Å². The van der Waals surface area contributed by atoms with Gasteiger partial charge >= 0.3 is 5.97 Å². The van der Waals surface area contributed by atoms with E-state index in [1.165, 1.54) is 0 Å². The Morgan fingerprint density at radius 3 is 2.33 bits per heavy atom. The van der Waals surface area contributed by atoms with Gasteiger partial charge in [-0.2, -0.15) is 0 Å². The van der Waals surface area contributed by atoms with Gasteiger partial charge in [-0.25, -0.2) is 0 Å². The molecule has 2 atom stereocenters. The van der Waals surface area contributed by atoms with E-state index in [0.717, 1.165) is 0 Å². The van der Waals surface area contributed by atoms with Gasteiger partial charge in [0, 0.05) is 19.5 Å². The first-order valence-electron chi connectivity index (χ1n) is 7.34. The van der Waals surface area contributed by atoms with Crippen LogP contribution in [0.25, 0.3) is 0 Å². The maximum Gasteiger partial charge on any atom is 0.307 e. The molecule has 0 aromatic rings. The standard InChI is InChI=1S/C15H24N2O4/c1-10(2)9-17-13(18)7-8-16-14(19)11-5-3-4-6-12(11)15(20)21/h3-4,10-12H,5-9H2,1-2H3,(H,16,19)(H,17,18)(H,20,21)/t11-,12+/m1/s1. The number of carbonyl (C=O) groups is 3. The summed E-state index contributed by atoms with van der Waals surface area (Å²) in [6, 6.07) is 0. The first kappa shape index (κ1) is 17.2. The van der Waals surface area contributed by atoms with Gasteiger partial charge in [-0.15, -0.1) is 0 Å². The van der Waals surface area contributed by atoms with E-state index in [4.69, 9.17) is 5.11 Å². The second kappa shape index (κ2) is 8.44. The van der Waals surface area contributed by atoms with Gasteiger partial charge in [0.15, 0.2) is 0 Å². The van der Waals surface area contributed by atoms with Crippen molar-refractivity contribution >= 4 is 17.8 Å². The largest absolute Gasteiger partial charge is 0.481 e. The molecule has 6 nitrogen and oxygen atoms in total. The second-order valence-electron chi connectivity index (χ2n) is 5.73. The van der Waals surface area contributed by atoms with Gasteiger partial charge in [0.1, 0.15) is 0 Å². The molecule has 118 valence electrons. The molecule has 1 rings (SSSR count). The van der Waals surface area contributed by atoms with Crippen LogP contribution in [-0.2, 0) is 14.4 Å². The molecule has 21 heavy (non-hydrogen) atoms. The molecular formula is C15H24N2O4. The summed E-state index contributed by atoms with van der Waals surface area (Å²) in [7, 11) is 0. The van der Waals surface area contributed by atoms with Crippen LogP contribution in [0, 0.1) is 17.8 Å². The van der Waals surface area contributed by atoms with E-state index < -0.39 is 17.8 Å². The van der Waals surface area contributed by atoms with Gasteiger partial charge in [0.2, 0.25) is 11.8 Å². The first-order valence-corrected chi connectivity index (χ1v) is 7.34. The van der Waals surface area contributed by atoms with E-state index in [-0.39, 0.29) is 24.8 Å². The molecule has 0 saturated heterocycles. The fourth-order valence-corrected chi connectivity index (χ4v) is 2.21. The van der Waals surface area contributed by atoms with Crippen molar-refractivity contribution in [1.82, 2.24) is 10.6 Å². The number of carbonyl (C=O) groups excluding carboxylic acids is 2. The smallest absolute Gasteiger partial charge is 0.307 e. The fourth-order valence-electron chi connectivity index (χ4n) is 2.21. The summed E-state index contributed by atoms with van der Waals surface area (Å²) < 4.78 is 0. The van der Waals surface area contributed by atoms with E-state index in [1.54, 1.807) is 6.08 Å². The lowest BCUT2D eigenvalue weighted by atomic mass is 9.82. The second-order valence-corrected chi connectivity index (χ2v) is 5.73. The van der Waals surface area contributed by atoms with Gasteiger partial charge in [0.05, 0.1) is 11.8 Å². The number of carboxylic acid groups (broad SMARTS) is 1. The Morgan fingerprint density at radius 2 is 1.76 bits per heavy atom. The zero-order valence-electron chi connectivity index (χ0n) is 12.6. The minimum atomic E-state index is -0.950. The average molecular weight is 296 g/mol. The number of amides is 2. The molecule has 0 heterocycles. The minimum Gasteiger partial charge on any atom is -0.481 e. The predicted octanol–water partition coefficient (Wildman–Crippen LogP) is 0.932. The molecule has 0 bridgehead atoms. The molecule has 3 N–H and O–H groups in total. The van der Waals surface area contributed by atoms with Crippen molar-refractivity contribution in [3.63, 3.8) is 0 Å². The Balaban J connectivity index is 2.34. The predicted molar refractivity (Wildman–Crippen MR) is 78.5 cm³/mol. The molecule has 0 saturated carbocycles. The normalized spacial score (nSPS) is 21.1. The van der Waals surface area contributed by atoms with Crippen molar-refractivity contribution in [2.75, 3.05) is 13.1 Å². The summed E-state index contributed by atoms with van der Waals surface area (Å²) in [6.07, 6.45) is 4.64. The van der Waals surface area contributed by atoms with Crippen molar-refractivity contribution in [3.8, 4) is 0 Å². The third kappa shape index (κ3) is 5.97. The zero-order chi connectivity index (χ0) is 15.8. The Hall–Kier alpha value is -1.85. The monoisotopic (exact) mass is 296 g/mol. The number of nitrogens with one attached hydrogen (secondary N) is 2. The molecule has 0 aliphatic heterocycles. The number of hydrogen-bond acceptors (Lipinski definition) is 3. The van der Waals surface area contributed by atoms with E-state index in [2.05, 4.69) is 10.6 Å². The molecular weight excluding hydrogens is 272 g/mol. The highest BCUT2D eigenvalue weighted by atomic mass is 16.4. The van der Waals surface area contributed by atoms with Crippen LogP contribution in [0.2, 0.25) is 0 Å². The van der Waals surface area contributed by atoms with Crippen LogP contribution in [0.3, 0.4) is 0 Å². The number of aliphatic carboxylic acids is 1. The zero-order valence-corrected chi connectivity index (χ0v) is 12.6.